The predicted molar refractivity (Wildman–Crippen MR) is 134 cm³/mol. The van der Waals surface area contributed by atoms with Crippen molar-refractivity contribution in [3.63, 3.8) is 0 Å². The summed E-state index contributed by atoms with van der Waals surface area (Å²) in [5, 5.41) is 2.95. The molecule has 1 fully saturated rings. The van der Waals surface area contributed by atoms with Crippen LogP contribution in [0.15, 0.2) is 67.0 Å². The molecule has 1 amide bonds. The summed E-state index contributed by atoms with van der Waals surface area (Å²) in [6.07, 6.45) is 5.24. The summed E-state index contributed by atoms with van der Waals surface area (Å²) in [4.78, 5) is 24.2. The van der Waals surface area contributed by atoms with Crippen molar-refractivity contribution in [2.45, 2.75) is 45.1 Å². The summed E-state index contributed by atoms with van der Waals surface area (Å²) in [6.45, 7) is 7.90. The second-order valence-electron chi connectivity index (χ2n) is 8.92. The van der Waals surface area contributed by atoms with Crippen molar-refractivity contribution in [2.75, 3.05) is 29.9 Å². The number of rotatable bonds is 8. The molecule has 1 aliphatic rings. The fourth-order valence-electron chi connectivity index (χ4n) is 4.07. The smallest absolute Gasteiger partial charge is 0.235 e. The molecule has 1 aromatic heterocycles. The molecule has 34 heavy (non-hydrogen) atoms. The first-order valence-electron chi connectivity index (χ1n) is 11.8. The lowest BCUT2D eigenvalue weighted by Crippen LogP contribution is -2.42. The van der Waals surface area contributed by atoms with Crippen LogP contribution < -0.4 is 19.7 Å². The molecule has 1 saturated heterocycles. The average molecular weight is 461 g/mol. The monoisotopic (exact) mass is 460 g/mol. The van der Waals surface area contributed by atoms with Gasteiger partial charge in [0.1, 0.15) is 11.9 Å². The Bertz CT molecular complexity index is 1100. The number of hydrogen-bond acceptors (Lipinski definition) is 6. The molecule has 1 aliphatic heterocycles. The number of hydrogen-bond donors (Lipinski definition) is 1. The van der Waals surface area contributed by atoms with E-state index in [0.29, 0.717) is 19.0 Å². The SMILES string of the molecule is CCOc1ccccc1OC1CCCN(c2cncc(NC(=O)C(C)(C)c3ccccc3)n2)C1. The van der Waals surface area contributed by atoms with Gasteiger partial charge in [0.15, 0.2) is 17.3 Å². The topological polar surface area (TPSA) is 76.6 Å². The van der Waals surface area contributed by atoms with Gasteiger partial charge in [-0.15, -0.1) is 0 Å². The van der Waals surface area contributed by atoms with Gasteiger partial charge in [-0.05, 0) is 51.3 Å². The zero-order valence-corrected chi connectivity index (χ0v) is 20.0. The Morgan fingerprint density at radius 3 is 2.59 bits per heavy atom. The zero-order chi connectivity index (χ0) is 24.0. The maximum absolute atomic E-state index is 13.0. The molecule has 1 atom stereocenters. The molecule has 7 nitrogen and oxygen atoms in total. The van der Waals surface area contributed by atoms with Crippen LogP contribution in [0.5, 0.6) is 11.5 Å². The third-order valence-corrected chi connectivity index (χ3v) is 6.07. The van der Waals surface area contributed by atoms with Crippen molar-refractivity contribution < 1.29 is 14.3 Å². The van der Waals surface area contributed by atoms with Crippen LogP contribution in [0.4, 0.5) is 11.6 Å². The molecule has 0 radical (unpaired) electrons. The molecule has 1 unspecified atom stereocenters. The van der Waals surface area contributed by atoms with E-state index in [2.05, 4.69) is 20.2 Å². The number of piperidine rings is 1. The van der Waals surface area contributed by atoms with E-state index in [-0.39, 0.29) is 12.0 Å². The van der Waals surface area contributed by atoms with Crippen LogP contribution in [-0.4, -0.2) is 41.7 Å². The highest BCUT2D eigenvalue weighted by Gasteiger charge is 2.30. The highest BCUT2D eigenvalue weighted by atomic mass is 16.5. The van der Waals surface area contributed by atoms with Gasteiger partial charge in [-0.25, -0.2) is 4.98 Å². The number of aromatic nitrogens is 2. The first kappa shape index (κ1) is 23.5. The molecule has 4 rings (SSSR count). The quantitative estimate of drug-likeness (QED) is 0.518. The summed E-state index contributed by atoms with van der Waals surface area (Å²) < 4.78 is 12.0. The van der Waals surface area contributed by atoms with Crippen LogP contribution in [0.2, 0.25) is 0 Å². The Hall–Kier alpha value is -3.61. The molecule has 0 bridgehead atoms. The lowest BCUT2D eigenvalue weighted by Gasteiger charge is -2.34. The number of carbonyl (C=O) groups excluding carboxylic acids is 1. The first-order valence-corrected chi connectivity index (χ1v) is 11.8. The molecule has 2 heterocycles. The Balaban J connectivity index is 1.44. The number of para-hydroxylation sites is 2. The van der Waals surface area contributed by atoms with E-state index in [1.54, 1.807) is 12.4 Å². The molecule has 2 aromatic carbocycles. The third-order valence-electron chi connectivity index (χ3n) is 6.07. The molecular weight excluding hydrogens is 428 g/mol. The summed E-state index contributed by atoms with van der Waals surface area (Å²) in [5.74, 6) is 2.55. The van der Waals surface area contributed by atoms with E-state index in [9.17, 15) is 4.79 Å². The largest absolute Gasteiger partial charge is 0.490 e. The van der Waals surface area contributed by atoms with Gasteiger partial charge < -0.3 is 19.7 Å². The Kier molecular flexibility index (Phi) is 7.30. The number of nitrogens with zero attached hydrogens (tertiary/aromatic N) is 3. The maximum atomic E-state index is 13.0. The van der Waals surface area contributed by atoms with Crippen molar-refractivity contribution in [2.24, 2.45) is 0 Å². The molecule has 178 valence electrons. The van der Waals surface area contributed by atoms with Crippen LogP contribution >= 0.6 is 0 Å². The van der Waals surface area contributed by atoms with Crippen LogP contribution in [0, 0.1) is 0 Å². The van der Waals surface area contributed by atoms with Crippen LogP contribution in [0.25, 0.3) is 0 Å². The van der Waals surface area contributed by atoms with E-state index in [0.717, 1.165) is 42.3 Å². The number of carbonyl (C=O) groups is 1. The second-order valence-corrected chi connectivity index (χ2v) is 8.92. The number of anilines is 2. The molecular formula is C27H32N4O3. The van der Waals surface area contributed by atoms with E-state index in [1.807, 2.05) is 75.4 Å². The second kappa shape index (κ2) is 10.5. The highest BCUT2D eigenvalue weighted by molar-refractivity contribution is 5.97. The summed E-state index contributed by atoms with van der Waals surface area (Å²) >= 11 is 0. The van der Waals surface area contributed by atoms with Crippen molar-refractivity contribution in [1.82, 2.24) is 9.97 Å². The van der Waals surface area contributed by atoms with Crippen LogP contribution in [-0.2, 0) is 10.2 Å². The number of benzene rings is 2. The van der Waals surface area contributed by atoms with Crippen LogP contribution in [0.3, 0.4) is 0 Å². The van der Waals surface area contributed by atoms with E-state index >= 15 is 0 Å². The van der Waals surface area contributed by atoms with Gasteiger partial charge in [0, 0.05) is 6.54 Å². The van der Waals surface area contributed by atoms with Crippen molar-refractivity contribution >= 4 is 17.5 Å². The molecule has 3 aromatic rings. The fraction of sp³-hybridized carbons (Fsp3) is 0.370. The van der Waals surface area contributed by atoms with Crippen LogP contribution in [0.1, 0.15) is 39.2 Å². The first-order chi connectivity index (χ1) is 16.5. The minimum Gasteiger partial charge on any atom is -0.490 e. The van der Waals surface area contributed by atoms with Crippen molar-refractivity contribution in [1.29, 1.82) is 0 Å². The number of amides is 1. The fourth-order valence-corrected chi connectivity index (χ4v) is 4.07. The van der Waals surface area contributed by atoms with Gasteiger partial charge in [0.05, 0.1) is 31.0 Å². The Morgan fingerprint density at radius 2 is 1.82 bits per heavy atom. The molecule has 0 spiro atoms. The third kappa shape index (κ3) is 5.47. The van der Waals surface area contributed by atoms with Crippen molar-refractivity contribution in [3.05, 3.63) is 72.6 Å². The summed E-state index contributed by atoms with van der Waals surface area (Å²) in [7, 11) is 0. The number of ether oxygens (including phenoxy) is 2. The molecule has 7 heteroatoms. The standard InChI is InChI=1S/C27H32N4O3/c1-4-33-22-14-8-9-15-23(22)34-21-13-10-16-31(19-21)25-18-28-17-24(29-25)30-26(32)27(2,3)20-11-6-5-7-12-20/h5-9,11-12,14-15,17-18,21H,4,10,13,16,19H2,1-3H3,(H,29,30,32). The zero-order valence-electron chi connectivity index (χ0n) is 20.0. The maximum Gasteiger partial charge on any atom is 0.235 e. The van der Waals surface area contributed by atoms with Gasteiger partial charge >= 0.3 is 0 Å². The number of nitrogens with one attached hydrogen (secondary N) is 1. The van der Waals surface area contributed by atoms with E-state index in [1.165, 1.54) is 0 Å². The minimum atomic E-state index is -0.697. The van der Waals surface area contributed by atoms with E-state index < -0.39 is 5.41 Å². The van der Waals surface area contributed by atoms with Gasteiger partial charge in [-0.1, -0.05) is 42.5 Å². The van der Waals surface area contributed by atoms with E-state index in [4.69, 9.17) is 9.47 Å². The lowest BCUT2D eigenvalue weighted by molar-refractivity contribution is -0.120. The average Bonchev–Trinajstić information content (AvgIpc) is 2.86. The molecule has 0 saturated carbocycles. The summed E-state index contributed by atoms with van der Waals surface area (Å²) in [5.41, 5.74) is 0.247. The minimum absolute atomic E-state index is 0.00687. The molecule has 0 aliphatic carbocycles. The van der Waals surface area contributed by atoms with Gasteiger partial charge in [0.2, 0.25) is 5.91 Å². The van der Waals surface area contributed by atoms with Gasteiger partial charge in [-0.2, -0.15) is 0 Å². The predicted octanol–water partition coefficient (Wildman–Crippen LogP) is 4.84. The highest BCUT2D eigenvalue weighted by Crippen LogP contribution is 2.30. The van der Waals surface area contributed by atoms with Crippen molar-refractivity contribution in [3.8, 4) is 11.5 Å². The normalized spacial score (nSPS) is 16.1. The molecule has 1 N–H and O–H groups in total. The Labute approximate surface area is 201 Å². The lowest BCUT2D eigenvalue weighted by atomic mass is 9.84. The van der Waals surface area contributed by atoms with Gasteiger partial charge in [0.25, 0.3) is 0 Å². The Morgan fingerprint density at radius 1 is 1.09 bits per heavy atom. The summed E-state index contributed by atoms with van der Waals surface area (Å²) in [6, 6.07) is 17.5. The van der Waals surface area contributed by atoms with Gasteiger partial charge in [-0.3, -0.25) is 9.78 Å².